The van der Waals surface area contributed by atoms with Gasteiger partial charge in [0, 0.05) is 18.3 Å². The minimum atomic E-state index is -0.358. The summed E-state index contributed by atoms with van der Waals surface area (Å²) in [5.74, 6) is 0.103. The van der Waals surface area contributed by atoms with Gasteiger partial charge in [-0.3, -0.25) is 14.4 Å². The van der Waals surface area contributed by atoms with Crippen LogP contribution in [0.3, 0.4) is 0 Å². The monoisotopic (exact) mass is 398 g/mol. The van der Waals surface area contributed by atoms with Crippen LogP contribution in [0.2, 0.25) is 0 Å². The van der Waals surface area contributed by atoms with Crippen molar-refractivity contribution in [3.05, 3.63) is 53.1 Å². The molecule has 0 saturated heterocycles. The van der Waals surface area contributed by atoms with Crippen LogP contribution in [0.5, 0.6) is 11.5 Å². The van der Waals surface area contributed by atoms with E-state index in [2.05, 4.69) is 5.32 Å². The fraction of sp³-hybridized carbons (Fsp3) is 0.318. The number of hydrogen-bond acceptors (Lipinski definition) is 5. The maximum Gasteiger partial charge on any atom is 0.260 e. The lowest BCUT2D eigenvalue weighted by Crippen LogP contribution is -2.37. The molecule has 0 fully saturated rings. The second kappa shape index (κ2) is 10.3. The molecule has 0 radical (unpaired) electrons. The molecule has 0 heterocycles. The first-order valence-electron chi connectivity index (χ1n) is 9.30. The van der Waals surface area contributed by atoms with Gasteiger partial charge in [-0.25, -0.2) is 0 Å². The third kappa shape index (κ3) is 6.07. The Balaban J connectivity index is 1.94. The quantitative estimate of drug-likeness (QED) is 0.657. The van der Waals surface area contributed by atoms with Gasteiger partial charge in [0.15, 0.2) is 18.1 Å². The molecule has 0 unspecified atom stereocenters. The molecule has 0 aromatic heterocycles. The number of amides is 2. The fourth-order valence-corrected chi connectivity index (χ4v) is 2.73. The molecule has 0 bridgehead atoms. The number of nitrogens with zero attached hydrogens (tertiary/aromatic N) is 1. The van der Waals surface area contributed by atoms with Crippen LogP contribution in [0.1, 0.15) is 28.4 Å². The smallest absolute Gasteiger partial charge is 0.260 e. The Kier molecular flexibility index (Phi) is 7.77. The van der Waals surface area contributed by atoms with Gasteiger partial charge in [-0.2, -0.15) is 0 Å². The molecule has 0 atom stereocenters. The minimum absolute atomic E-state index is 0.0988. The number of ether oxygens (including phenoxy) is 2. The number of likely N-dealkylation sites (N-methyl/N-ethyl adjacent to an activating group) is 1. The Bertz CT molecular complexity index is 875. The Morgan fingerprint density at radius 1 is 1.07 bits per heavy atom. The van der Waals surface area contributed by atoms with Gasteiger partial charge in [0.2, 0.25) is 5.91 Å². The largest absolute Gasteiger partial charge is 0.490 e. The average molecular weight is 398 g/mol. The summed E-state index contributed by atoms with van der Waals surface area (Å²) in [4.78, 5) is 36.9. The van der Waals surface area contributed by atoms with Gasteiger partial charge >= 0.3 is 0 Å². The lowest BCUT2D eigenvalue weighted by molar-refractivity contribution is -0.135. The maximum atomic E-state index is 12.4. The normalized spacial score (nSPS) is 10.2. The first-order chi connectivity index (χ1) is 13.8. The van der Waals surface area contributed by atoms with Crippen LogP contribution >= 0.6 is 0 Å². The van der Waals surface area contributed by atoms with Crippen LogP contribution < -0.4 is 14.8 Å². The standard InChI is InChI=1S/C22H26N2O5/c1-5-28-19-11-17(13-25)9-10-18(19)29-14-21(27)24(4)12-20(26)23-22-15(2)7-6-8-16(22)3/h6-11,13H,5,12,14H2,1-4H3,(H,23,26). The molecule has 29 heavy (non-hydrogen) atoms. The van der Waals surface area contributed by atoms with Gasteiger partial charge < -0.3 is 19.7 Å². The fourth-order valence-electron chi connectivity index (χ4n) is 2.73. The average Bonchev–Trinajstić information content (AvgIpc) is 2.69. The van der Waals surface area contributed by atoms with E-state index in [-0.39, 0.29) is 25.0 Å². The van der Waals surface area contributed by atoms with Crippen molar-refractivity contribution < 1.29 is 23.9 Å². The molecule has 0 aliphatic carbocycles. The topological polar surface area (TPSA) is 84.9 Å². The van der Waals surface area contributed by atoms with Crippen LogP contribution in [-0.4, -0.2) is 49.8 Å². The zero-order valence-corrected chi connectivity index (χ0v) is 17.2. The van der Waals surface area contributed by atoms with Crippen molar-refractivity contribution in [2.45, 2.75) is 20.8 Å². The number of rotatable bonds is 9. The SMILES string of the molecule is CCOc1cc(C=O)ccc1OCC(=O)N(C)CC(=O)Nc1c(C)cccc1C. The third-order valence-corrected chi connectivity index (χ3v) is 4.31. The van der Waals surface area contributed by atoms with Crippen molar-refractivity contribution in [2.24, 2.45) is 0 Å². The Labute approximate surface area is 170 Å². The summed E-state index contributed by atoms with van der Waals surface area (Å²) in [6.45, 7) is 5.68. The predicted octanol–water partition coefficient (Wildman–Crippen LogP) is 2.99. The van der Waals surface area contributed by atoms with Crippen molar-refractivity contribution >= 4 is 23.8 Å². The highest BCUT2D eigenvalue weighted by atomic mass is 16.5. The zero-order valence-electron chi connectivity index (χ0n) is 17.2. The summed E-state index contributed by atoms with van der Waals surface area (Å²) in [6, 6.07) is 10.5. The van der Waals surface area contributed by atoms with E-state index in [1.807, 2.05) is 39.0 Å². The first-order valence-corrected chi connectivity index (χ1v) is 9.30. The van der Waals surface area contributed by atoms with E-state index >= 15 is 0 Å². The predicted molar refractivity (Wildman–Crippen MR) is 111 cm³/mol. The van der Waals surface area contributed by atoms with Gasteiger partial charge in [-0.1, -0.05) is 18.2 Å². The number of benzene rings is 2. The van der Waals surface area contributed by atoms with E-state index in [0.29, 0.717) is 30.0 Å². The first kappa shape index (κ1) is 21.9. The van der Waals surface area contributed by atoms with Crippen molar-refractivity contribution in [1.29, 1.82) is 0 Å². The Morgan fingerprint density at radius 3 is 2.38 bits per heavy atom. The van der Waals surface area contributed by atoms with Crippen LogP contribution in [0.4, 0.5) is 5.69 Å². The number of carbonyl (C=O) groups excluding carboxylic acids is 3. The molecule has 154 valence electrons. The van der Waals surface area contributed by atoms with Gasteiger partial charge in [0.05, 0.1) is 13.2 Å². The van der Waals surface area contributed by atoms with Crippen molar-refractivity contribution in [3.63, 3.8) is 0 Å². The molecular formula is C22H26N2O5. The van der Waals surface area contributed by atoms with Gasteiger partial charge in [0.1, 0.15) is 6.29 Å². The second-order valence-corrected chi connectivity index (χ2v) is 6.61. The number of para-hydroxylation sites is 1. The van der Waals surface area contributed by atoms with E-state index < -0.39 is 0 Å². The van der Waals surface area contributed by atoms with Crippen LogP contribution in [0.25, 0.3) is 0 Å². The number of hydrogen-bond donors (Lipinski definition) is 1. The molecule has 2 aromatic rings. The molecule has 2 amide bonds. The molecule has 7 heteroatoms. The maximum absolute atomic E-state index is 12.4. The number of nitrogens with one attached hydrogen (secondary N) is 1. The lowest BCUT2D eigenvalue weighted by Gasteiger charge is -2.19. The summed E-state index contributed by atoms with van der Waals surface area (Å²) in [5.41, 5.74) is 3.12. The highest BCUT2D eigenvalue weighted by Crippen LogP contribution is 2.28. The van der Waals surface area contributed by atoms with Crippen LogP contribution in [0.15, 0.2) is 36.4 Å². The molecule has 2 rings (SSSR count). The van der Waals surface area contributed by atoms with E-state index in [0.717, 1.165) is 16.8 Å². The Hall–Kier alpha value is -3.35. The van der Waals surface area contributed by atoms with Gasteiger partial charge in [-0.15, -0.1) is 0 Å². The van der Waals surface area contributed by atoms with E-state index in [1.54, 1.807) is 18.2 Å². The van der Waals surface area contributed by atoms with Gasteiger partial charge in [0.25, 0.3) is 5.91 Å². The number of carbonyl (C=O) groups is 3. The third-order valence-electron chi connectivity index (χ3n) is 4.31. The van der Waals surface area contributed by atoms with Crippen molar-refractivity contribution in [1.82, 2.24) is 4.90 Å². The summed E-state index contributed by atoms with van der Waals surface area (Å²) in [5, 5.41) is 2.85. The Morgan fingerprint density at radius 2 is 1.76 bits per heavy atom. The summed E-state index contributed by atoms with van der Waals surface area (Å²) in [7, 11) is 1.54. The highest BCUT2D eigenvalue weighted by molar-refractivity contribution is 5.95. The van der Waals surface area contributed by atoms with E-state index in [9.17, 15) is 14.4 Å². The highest BCUT2D eigenvalue weighted by Gasteiger charge is 2.16. The summed E-state index contributed by atoms with van der Waals surface area (Å²) >= 11 is 0. The zero-order chi connectivity index (χ0) is 21.4. The molecule has 0 aliphatic rings. The van der Waals surface area contributed by atoms with E-state index in [1.165, 1.54) is 11.9 Å². The minimum Gasteiger partial charge on any atom is -0.490 e. The second-order valence-electron chi connectivity index (χ2n) is 6.61. The molecule has 0 saturated carbocycles. The summed E-state index contributed by atoms with van der Waals surface area (Å²) < 4.78 is 11.0. The molecule has 0 aliphatic heterocycles. The molecular weight excluding hydrogens is 372 g/mol. The van der Waals surface area contributed by atoms with E-state index in [4.69, 9.17) is 9.47 Å². The summed E-state index contributed by atoms with van der Waals surface area (Å²) in [6.07, 6.45) is 0.708. The molecule has 7 nitrogen and oxygen atoms in total. The van der Waals surface area contributed by atoms with Gasteiger partial charge in [-0.05, 0) is 50.1 Å². The molecule has 2 aromatic carbocycles. The molecule has 1 N–H and O–H groups in total. The lowest BCUT2D eigenvalue weighted by atomic mass is 10.1. The molecule has 0 spiro atoms. The number of aldehydes is 1. The number of anilines is 1. The number of aryl methyl sites for hydroxylation is 2. The van der Waals surface area contributed by atoms with Crippen LogP contribution in [0, 0.1) is 13.8 Å². The van der Waals surface area contributed by atoms with Crippen molar-refractivity contribution in [2.75, 3.05) is 32.1 Å². The van der Waals surface area contributed by atoms with Crippen LogP contribution in [-0.2, 0) is 9.59 Å². The van der Waals surface area contributed by atoms with Crippen molar-refractivity contribution in [3.8, 4) is 11.5 Å².